The molecule has 3 nitrogen and oxygen atoms in total. The van der Waals surface area contributed by atoms with E-state index >= 15 is 0 Å². The van der Waals surface area contributed by atoms with Crippen molar-refractivity contribution in [1.82, 2.24) is 5.32 Å². The second-order valence-electron chi connectivity index (χ2n) is 2.32. The summed E-state index contributed by atoms with van der Waals surface area (Å²) >= 11 is 0. The molecule has 0 aliphatic rings. The van der Waals surface area contributed by atoms with Crippen LogP contribution in [-0.4, -0.2) is 18.9 Å². The Morgan fingerprint density at radius 1 is 1.75 bits per heavy atom. The van der Waals surface area contributed by atoms with Gasteiger partial charge in [0.1, 0.15) is 0 Å². The summed E-state index contributed by atoms with van der Waals surface area (Å²) in [4.78, 5) is 11.2. The molecule has 1 heterocycles. The zero-order valence-corrected chi connectivity index (χ0v) is 6.75. The third-order valence-electron chi connectivity index (χ3n) is 1.37. The molecule has 0 spiro atoms. The minimum atomic E-state index is -0.0400. The Bertz CT molecular complexity index is 252. The highest BCUT2D eigenvalue weighted by atomic mass is 16.3. The summed E-state index contributed by atoms with van der Waals surface area (Å²) in [7, 11) is 0. The zero-order chi connectivity index (χ0) is 8.81. The first kappa shape index (κ1) is 8.74. The van der Waals surface area contributed by atoms with E-state index in [-0.39, 0.29) is 5.78 Å². The maximum Gasteiger partial charge on any atom is 0.211 e. The van der Waals surface area contributed by atoms with Gasteiger partial charge in [0.2, 0.25) is 5.78 Å². The van der Waals surface area contributed by atoms with Crippen molar-refractivity contribution in [3.05, 3.63) is 36.8 Å². The van der Waals surface area contributed by atoms with Gasteiger partial charge in [0.15, 0.2) is 5.76 Å². The normalized spacial score (nSPS) is 9.67. The van der Waals surface area contributed by atoms with E-state index in [1.807, 2.05) is 0 Å². The molecular weight excluding hydrogens is 154 g/mol. The number of nitrogens with one attached hydrogen (secondary N) is 1. The maximum absolute atomic E-state index is 11.2. The van der Waals surface area contributed by atoms with Gasteiger partial charge in [0, 0.05) is 6.54 Å². The highest BCUT2D eigenvalue weighted by Gasteiger charge is 2.06. The van der Waals surface area contributed by atoms with Crippen LogP contribution in [0.15, 0.2) is 35.5 Å². The molecule has 0 fully saturated rings. The number of hydrogen-bond donors (Lipinski definition) is 1. The topological polar surface area (TPSA) is 42.2 Å². The lowest BCUT2D eigenvalue weighted by molar-refractivity contribution is 0.0966. The molecule has 0 atom stereocenters. The summed E-state index contributed by atoms with van der Waals surface area (Å²) in [5, 5.41) is 2.90. The number of carbonyl (C=O) groups excluding carboxylic acids is 1. The largest absolute Gasteiger partial charge is 0.461 e. The quantitative estimate of drug-likeness (QED) is 0.405. The van der Waals surface area contributed by atoms with Crippen molar-refractivity contribution in [1.29, 1.82) is 0 Å². The summed E-state index contributed by atoms with van der Waals surface area (Å²) in [5.41, 5.74) is 0. The molecule has 0 radical (unpaired) electrons. The van der Waals surface area contributed by atoms with Gasteiger partial charge in [-0.15, -0.1) is 6.58 Å². The molecule has 0 saturated carbocycles. The molecule has 0 aromatic carbocycles. The minimum absolute atomic E-state index is 0.0400. The Morgan fingerprint density at radius 2 is 2.58 bits per heavy atom. The number of carbonyl (C=O) groups is 1. The SMILES string of the molecule is C=CCNCC(=O)c1ccco1. The van der Waals surface area contributed by atoms with Crippen molar-refractivity contribution in [2.24, 2.45) is 0 Å². The second-order valence-corrected chi connectivity index (χ2v) is 2.32. The number of Topliss-reactive ketones (excluding diaryl/α,β-unsaturated/α-hetero) is 1. The van der Waals surface area contributed by atoms with Gasteiger partial charge in [0.25, 0.3) is 0 Å². The molecule has 1 rings (SSSR count). The van der Waals surface area contributed by atoms with E-state index in [4.69, 9.17) is 4.42 Å². The standard InChI is InChI=1S/C9H11NO2/c1-2-5-10-7-8(11)9-4-3-6-12-9/h2-4,6,10H,1,5,7H2. The lowest BCUT2D eigenvalue weighted by Gasteiger charge is -1.96. The average Bonchev–Trinajstić information content (AvgIpc) is 2.56. The van der Waals surface area contributed by atoms with Crippen molar-refractivity contribution >= 4 is 5.78 Å². The predicted octanol–water partition coefficient (Wildman–Crippen LogP) is 1.24. The minimum Gasteiger partial charge on any atom is -0.461 e. The van der Waals surface area contributed by atoms with Crippen LogP contribution < -0.4 is 5.32 Å². The first-order valence-electron chi connectivity index (χ1n) is 3.73. The predicted molar refractivity (Wildman–Crippen MR) is 46.1 cm³/mol. The van der Waals surface area contributed by atoms with Crippen LogP contribution in [0.3, 0.4) is 0 Å². The molecule has 0 unspecified atom stereocenters. The smallest absolute Gasteiger partial charge is 0.211 e. The molecular formula is C9H11NO2. The molecule has 3 heteroatoms. The van der Waals surface area contributed by atoms with E-state index in [9.17, 15) is 4.79 Å². The highest BCUT2D eigenvalue weighted by molar-refractivity contribution is 5.94. The molecule has 0 saturated heterocycles. The van der Waals surface area contributed by atoms with E-state index in [1.165, 1.54) is 6.26 Å². The number of furan rings is 1. The number of ketones is 1. The van der Waals surface area contributed by atoms with Gasteiger partial charge in [-0.25, -0.2) is 0 Å². The fourth-order valence-corrected chi connectivity index (χ4v) is 0.812. The van der Waals surface area contributed by atoms with Crippen LogP contribution >= 0.6 is 0 Å². The molecule has 0 amide bonds. The fraction of sp³-hybridized carbons (Fsp3) is 0.222. The summed E-state index contributed by atoms with van der Waals surface area (Å²) in [6.07, 6.45) is 3.19. The summed E-state index contributed by atoms with van der Waals surface area (Å²) in [5.74, 6) is 0.355. The molecule has 12 heavy (non-hydrogen) atoms. The molecule has 0 bridgehead atoms. The van der Waals surface area contributed by atoms with Crippen molar-refractivity contribution in [3.63, 3.8) is 0 Å². The van der Waals surface area contributed by atoms with Crippen LogP contribution in [-0.2, 0) is 0 Å². The van der Waals surface area contributed by atoms with Gasteiger partial charge in [-0.3, -0.25) is 4.79 Å². The van der Waals surface area contributed by atoms with Crippen LogP contribution in [0.1, 0.15) is 10.6 Å². The fourth-order valence-electron chi connectivity index (χ4n) is 0.812. The number of rotatable bonds is 5. The first-order valence-corrected chi connectivity index (χ1v) is 3.73. The van der Waals surface area contributed by atoms with Crippen LogP contribution in [0.25, 0.3) is 0 Å². The maximum atomic E-state index is 11.2. The van der Waals surface area contributed by atoms with Gasteiger partial charge >= 0.3 is 0 Å². The van der Waals surface area contributed by atoms with E-state index in [2.05, 4.69) is 11.9 Å². The Labute approximate surface area is 71.1 Å². The van der Waals surface area contributed by atoms with Gasteiger partial charge in [-0.1, -0.05) is 6.08 Å². The van der Waals surface area contributed by atoms with Crippen molar-refractivity contribution in [2.45, 2.75) is 0 Å². The van der Waals surface area contributed by atoms with Gasteiger partial charge in [0.05, 0.1) is 12.8 Å². The zero-order valence-electron chi connectivity index (χ0n) is 6.75. The first-order chi connectivity index (χ1) is 5.84. The van der Waals surface area contributed by atoms with Crippen LogP contribution in [0, 0.1) is 0 Å². The molecule has 0 aliphatic heterocycles. The monoisotopic (exact) mass is 165 g/mol. The lowest BCUT2D eigenvalue weighted by Crippen LogP contribution is -2.22. The molecule has 1 aromatic rings. The molecule has 0 aliphatic carbocycles. The Balaban J connectivity index is 2.34. The second kappa shape index (κ2) is 4.51. The van der Waals surface area contributed by atoms with E-state index in [0.717, 1.165) is 0 Å². The Kier molecular flexibility index (Phi) is 3.29. The highest BCUT2D eigenvalue weighted by Crippen LogP contribution is 1.99. The number of hydrogen-bond acceptors (Lipinski definition) is 3. The molecule has 64 valence electrons. The van der Waals surface area contributed by atoms with Crippen LogP contribution in [0.5, 0.6) is 0 Å². The lowest BCUT2D eigenvalue weighted by atomic mass is 10.3. The van der Waals surface area contributed by atoms with Crippen molar-refractivity contribution < 1.29 is 9.21 Å². The Morgan fingerprint density at radius 3 is 3.17 bits per heavy atom. The third-order valence-corrected chi connectivity index (χ3v) is 1.37. The Hall–Kier alpha value is -1.35. The summed E-state index contributed by atoms with van der Waals surface area (Å²) < 4.78 is 4.91. The van der Waals surface area contributed by atoms with Crippen molar-refractivity contribution in [3.8, 4) is 0 Å². The van der Waals surface area contributed by atoms with Crippen LogP contribution in [0.2, 0.25) is 0 Å². The van der Waals surface area contributed by atoms with Crippen LogP contribution in [0.4, 0.5) is 0 Å². The van der Waals surface area contributed by atoms with Gasteiger partial charge < -0.3 is 9.73 Å². The van der Waals surface area contributed by atoms with E-state index in [1.54, 1.807) is 18.2 Å². The van der Waals surface area contributed by atoms with Crippen molar-refractivity contribution in [2.75, 3.05) is 13.1 Å². The van der Waals surface area contributed by atoms with E-state index < -0.39 is 0 Å². The average molecular weight is 165 g/mol. The van der Waals surface area contributed by atoms with Gasteiger partial charge in [-0.2, -0.15) is 0 Å². The summed E-state index contributed by atoms with van der Waals surface area (Å²) in [6.45, 7) is 4.45. The van der Waals surface area contributed by atoms with Gasteiger partial charge in [-0.05, 0) is 12.1 Å². The summed E-state index contributed by atoms with van der Waals surface area (Å²) in [6, 6.07) is 3.35. The third kappa shape index (κ3) is 2.36. The molecule has 1 N–H and O–H groups in total. The molecule has 1 aromatic heterocycles. The van der Waals surface area contributed by atoms with E-state index in [0.29, 0.717) is 18.8 Å².